The van der Waals surface area contributed by atoms with Gasteiger partial charge in [0.05, 0.1) is 0 Å². The van der Waals surface area contributed by atoms with Crippen LogP contribution in [0.15, 0.2) is 34.7 Å². The predicted octanol–water partition coefficient (Wildman–Crippen LogP) is 4.15. The van der Waals surface area contributed by atoms with Crippen LogP contribution < -0.4 is 5.32 Å². The van der Waals surface area contributed by atoms with E-state index in [2.05, 4.69) is 15.5 Å². The molecule has 1 saturated carbocycles. The number of carbonyl (C=O) groups excluding carboxylic acids is 1. The fraction of sp³-hybridized carbons (Fsp3) is 0.550. The van der Waals surface area contributed by atoms with Gasteiger partial charge in [0.25, 0.3) is 0 Å². The number of hydrogen-bond acceptors (Lipinski definition) is 4. The largest absolute Gasteiger partial charge is 0.421 e. The summed E-state index contributed by atoms with van der Waals surface area (Å²) in [7, 11) is 0. The first-order valence-corrected chi connectivity index (χ1v) is 9.46. The number of hydrogen-bond donors (Lipinski definition) is 1. The minimum Gasteiger partial charge on any atom is -0.421 e. The Morgan fingerprint density at radius 2 is 1.92 bits per heavy atom. The summed E-state index contributed by atoms with van der Waals surface area (Å²) in [6.07, 6.45) is 10.1. The summed E-state index contributed by atoms with van der Waals surface area (Å²) in [4.78, 5) is 11.9. The predicted molar refractivity (Wildman–Crippen MR) is 96.9 cm³/mol. The molecule has 2 aromatic rings. The SMILES string of the molecule is O=C(CCc1nnc(-c2ccccc2)o1)NCCCC1CCCCC1. The van der Waals surface area contributed by atoms with E-state index in [1.54, 1.807) is 0 Å². The van der Waals surface area contributed by atoms with Gasteiger partial charge in [0.1, 0.15) is 0 Å². The first-order valence-electron chi connectivity index (χ1n) is 9.46. The van der Waals surface area contributed by atoms with Crippen molar-refractivity contribution in [1.82, 2.24) is 15.5 Å². The van der Waals surface area contributed by atoms with Crippen LogP contribution in [0.4, 0.5) is 0 Å². The van der Waals surface area contributed by atoms with E-state index in [0.29, 0.717) is 24.6 Å². The zero-order valence-electron chi connectivity index (χ0n) is 14.7. The summed E-state index contributed by atoms with van der Waals surface area (Å²) in [6, 6.07) is 9.66. The van der Waals surface area contributed by atoms with Gasteiger partial charge in [-0.1, -0.05) is 50.3 Å². The number of aromatic nitrogens is 2. The number of aryl methyl sites for hydroxylation is 1. The average molecular weight is 341 g/mol. The lowest BCUT2D eigenvalue weighted by molar-refractivity contribution is -0.121. The van der Waals surface area contributed by atoms with Crippen LogP contribution in [0.2, 0.25) is 0 Å². The quantitative estimate of drug-likeness (QED) is 0.733. The van der Waals surface area contributed by atoms with Gasteiger partial charge in [0.15, 0.2) is 0 Å². The Morgan fingerprint density at radius 3 is 2.72 bits per heavy atom. The average Bonchev–Trinajstić information content (AvgIpc) is 3.14. The summed E-state index contributed by atoms with van der Waals surface area (Å²) in [6.45, 7) is 0.772. The molecular weight excluding hydrogens is 314 g/mol. The standard InChI is InChI=1S/C20H27N3O2/c24-18(21-15-7-10-16-8-3-1-4-9-16)13-14-19-22-23-20(25-19)17-11-5-2-6-12-17/h2,5-6,11-12,16H,1,3-4,7-10,13-15H2,(H,21,24). The topological polar surface area (TPSA) is 68.0 Å². The molecule has 0 unspecified atom stereocenters. The molecule has 5 heteroatoms. The fourth-order valence-electron chi connectivity index (χ4n) is 3.46. The second-order valence-electron chi connectivity index (χ2n) is 6.86. The highest BCUT2D eigenvalue weighted by Crippen LogP contribution is 2.26. The fourth-order valence-corrected chi connectivity index (χ4v) is 3.46. The third-order valence-corrected chi connectivity index (χ3v) is 4.89. The molecule has 0 bridgehead atoms. The lowest BCUT2D eigenvalue weighted by atomic mass is 9.86. The Bertz CT molecular complexity index is 648. The number of benzene rings is 1. The molecule has 1 aliphatic rings. The molecule has 0 radical (unpaired) electrons. The summed E-state index contributed by atoms with van der Waals surface area (Å²) in [5, 5.41) is 11.1. The Kier molecular flexibility index (Phi) is 6.60. The van der Waals surface area contributed by atoms with Crippen molar-refractivity contribution >= 4 is 5.91 Å². The normalized spacial score (nSPS) is 15.2. The van der Waals surface area contributed by atoms with Crippen LogP contribution in [0.5, 0.6) is 0 Å². The van der Waals surface area contributed by atoms with Crippen molar-refractivity contribution < 1.29 is 9.21 Å². The Balaban J connectivity index is 1.33. The van der Waals surface area contributed by atoms with Gasteiger partial charge in [-0.15, -0.1) is 10.2 Å². The van der Waals surface area contributed by atoms with Gasteiger partial charge in [0.2, 0.25) is 17.7 Å². The molecule has 1 heterocycles. The van der Waals surface area contributed by atoms with E-state index in [-0.39, 0.29) is 5.91 Å². The van der Waals surface area contributed by atoms with Gasteiger partial charge in [-0.2, -0.15) is 0 Å². The molecule has 134 valence electrons. The highest BCUT2D eigenvalue weighted by Gasteiger charge is 2.13. The molecule has 3 rings (SSSR count). The summed E-state index contributed by atoms with van der Waals surface area (Å²) >= 11 is 0. The van der Waals surface area contributed by atoms with E-state index >= 15 is 0 Å². The molecule has 1 aromatic heterocycles. The van der Waals surface area contributed by atoms with Crippen LogP contribution in [-0.2, 0) is 11.2 Å². The number of carbonyl (C=O) groups is 1. The molecular formula is C20H27N3O2. The van der Waals surface area contributed by atoms with Gasteiger partial charge < -0.3 is 9.73 Å². The molecule has 0 saturated heterocycles. The number of rotatable bonds is 8. The van der Waals surface area contributed by atoms with Gasteiger partial charge in [0, 0.05) is 24.9 Å². The minimum atomic E-state index is 0.0584. The van der Waals surface area contributed by atoms with Crippen LogP contribution in [0.25, 0.3) is 11.5 Å². The Hall–Kier alpha value is -2.17. The Labute approximate surface area is 149 Å². The first kappa shape index (κ1) is 17.6. The van der Waals surface area contributed by atoms with Crippen molar-refractivity contribution in [3.8, 4) is 11.5 Å². The highest BCUT2D eigenvalue weighted by atomic mass is 16.4. The van der Waals surface area contributed by atoms with Crippen molar-refractivity contribution in [2.75, 3.05) is 6.54 Å². The molecule has 25 heavy (non-hydrogen) atoms. The highest BCUT2D eigenvalue weighted by molar-refractivity contribution is 5.75. The first-order chi connectivity index (χ1) is 12.3. The maximum Gasteiger partial charge on any atom is 0.247 e. The molecule has 0 atom stereocenters. The summed E-state index contributed by atoms with van der Waals surface area (Å²) in [5.74, 6) is 1.95. The molecule has 1 amide bonds. The molecule has 1 fully saturated rings. The van der Waals surface area contributed by atoms with E-state index in [9.17, 15) is 4.79 Å². The van der Waals surface area contributed by atoms with Crippen LogP contribution in [0.1, 0.15) is 57.3 Å². The molecule has 1 aliphatic carbocycles. The van der Waals surface area contributed by atoms with E-state index < -0.39 is 0 Å². The second-order valence-corrected chi connectivity index (χ2v) is 6.86. The van der Waals surface area contributed by atoms with Crippen molar-refractivity contribution in [3.63, 3.8) is 0 Å². The van der Waals surface area contributed by atoms with Crippen LogP contribution >= 0.6 is 0 Å². The third-order valence-electron chi connectivity index (χ3n) is 4.89. The van der Waals surface area contributed by atoms with Crippen molar-refractivity contribution in [3.05, 3.63) is 36.2 Å². The van der Waals surface area contributed by atoms with Gasteiger partial charge in [-0.05, 0) is 30.9 Å². The Morgan fingerprint density at radius 1 is 1.12 bits per heavy atom. The molecule has 1 aromatic carbocycles. The monoisotopic (exact) mass is 341 g/mol. The van der Waals surface area contributed by atoms with Crippen LogP contribution in [0.3, 0.4) is 0 Å². The number of nitrogens with one attached hydrogen (secondary N) is 1. The minimum absolute atomic E-state index is 0.0584. The zero-order valence-corrected chi connectivity index (χ0v) is 14.7. The molecule has 0 spiro atoms. The van der Waals surface area contributed by atoms with E-state index in [1.165, 1.54) is 38.5 Å². The maximum absolute atomic E-state index is 11.9. The van der Waals surface area contributed by atoms with Gasteiger partial charge in [-0.3, -0.25) is 4.79 Å². The molecule has 1 N–H and O–H groups in total. The third kappa shape index (κ3) is 5.69. The zero-order chi connectivity index (χ0) is 17.3. The van der Waals surface area contributed by atoms with Crippen molar-refractivity contribution in [1.29, 1.82) is 0 Å². The van der Waals surface area contributed by atoms with Crippen LogP contribution in [-0.4, -0.2) is 22.6 Å². The lowest BCUT2D eigenvalue weighted by Gasteiger charge is -2.21. The van der Waals surface area contributed by atoms with E-state index in [4.69, 9.17) is 4.42 Å². The van der Waals surface area contributed by atoms with Gasteiger partial charge in [-0.25, -0.2) is 0 Å². The smallest absolute Gasteiger partial charge is 0.247 e. The van der Waals surface area contributed by atoms with Crippen molar-refractivity contribution in [2.45, 2.75) is 57.8 Å². The molecule has 0 aliphatic heterocycles. The summed E-state index contributed by atoms with van der Waals surface area (Å²) in [5.41, 5.74) is 0.897. The van der Waals surface area contributed by atoms with E-state index in [0.717, 1.165) is 24.4 Å². The second kappa shape index (κ2) is 9.35. The van der Waals surface area contributed by atoms with Crippen LogP contribution in [0, 0.1) is 5.92 Å². The van der Waals surface area contributed by atoms with E-state index in [1.807, 2.05) is 30.3 Å². The summed E-state index contributed by atoms with van der Waals surface area (Å²) < 4.78 is 5.62. The lowest BCUT2D eigenvalue weighted by Crippen LogP contribution is -2.25. The van der Waals surface area contributed by atoms with Gasteiger partial charge >= 0.3 is 0 Å². The maximum atomic E-state index is 11.9. The molecule has 5 nitrogen and oxygen atoms in total. The van der Waals surface area contributed by atoms with Crippen molar-refractivity contribution in [2.24, 2.45) is 5.92 Å². The number of amides is 1. The number of nitrogens with zero attached hydrogens (tertiary/aromatic N) is 2.